The van der Waals surface area contributed by atoms with Crippen LogP contribution in [0.2, 0.25) is 0 Å². The minimum absolute atomic E-state index is 0.210. The molecule has 0 saturated carbocycles. The van der Waals surface area contributed by atoms with Crippen molar-refractivity contribution in [1.29, 1.82) is 0 Å². The van der Waals surface area contributed by atoms with Crippen molar-refractivity contribution in [2.24, 2.45) is 0 Å². The standard InChI is InChI=1S/C17H18F2N4O2/c18-12-3-4-14(19)15(10-12)25-11-17(24)23-8-5-13(6-9-23)21-16-2-1-7-20-22-16/h1-4,7,10,13H,5-6,8-9,11H2,(H,21,22). The van der Waals surface area contributed by atoms with Crippen LogP contribution in [0.25, 0.3) is 0 Å². The SMILES string of the molecule is O=C(COc1cc(F)ccc1F)N1CCC(Nc2cccnn2)CC1. The van der Waals surface area contributed by atoms with Gasteiger partial charge in [0.15, 0.2) is 18.2 Å². The van der Waals surface area contributed by atoms with E-state index in [2.05, 4.69) is 15.5 Å². The van der Waals surface area contributed by atoms with Gasteiger partial charge in [-0.25, -0.2) is 8.78 Å². The highest BCUT2D eigenvalue weighted by molar-refractivity contribution is 5.77. The quantitative estimate of drug-likeness (QED) is 0.898. The Morgan fingerprint density at radius 2 is 2.08 bits per heavy atom. The maximum absolute atomic E-state index is 13.5. The minimum Gasteiger partial charge on any atom is -0.481 e. The summed E-state index contributed by atoms with van der Waals surface area (Å²) in [6.45, 7) is 0.806. The van der Waals surface area contributed by atoms with Crippen LogP contribution in [0.15, 0.2) is 36.5 Å². The summed E-state index contributed by atoms with van der Waals surface area (Å²) in [5.74, 6) is -1.10. The third-order valence-corrected chi connectivity index (χ3v) is 4.02. The number of halogens is 2. The topological polar surface area (TPSA) is 67.3 Å². The van der Waals surface area contributed by atoms with Crippen molar-refractivity contribution in [3.05, 3.63) is 48.2 Å². The molecule has 2 heterocycles. The van der Waals surface area contributed by atoms with E-state index < -0.39 is 11.6 Å². The number of rotatable bonds is 5. The fourth-order valence-electron chi connectivity index (χ4n) is 2.68. The number of nitrogens with zero attached hydrogens (tertiary/aromatic N) is 3. The molecule has 1 aliphatic rings. The van der Waals surface area contributed by atoms with E-state index in [9.17, 15) is 13.6 Å². The normalized spacial score (nSPS) is 15.0. The summed E-state index contributed by atoms with van der Waals surface area (Å²) >= 11 is 0. The van der Waals surface area contributed by atoms with E-state index in [-0.39, 0.29) is 24.3 Å². The Balaban J connectivity index is 1.46. The van der Waals surface area contributed by atoms with Gasteiger partial charge in [0.1, 0.15) is 11.6 Å². The molecular formula is C17H18F2N4O2. The van der Waals surface area contributed by atoms with E-state index in [1.807, 2.05) is 6.07 Å². The van der Waals surface area contributed by atoms with Crippen molar-refractivity contribution in [2.75, 3.05) is 25.0 Å². The van der Waals surface area contributed by atoms with Gasteiger partial charge >= 0.3 is 0 Å². The van der Waals surface area contributed by atoms with Crippen LogP contribution in [0, 0.1) is 11.6 Å². The molecule has 1 aliphatic heterocycles. The van der Waals surface area contributed by atoms with E-state index in [1.54, 1.807) is 17.2 Å². The Kier molecular flexibility index (Phi) is 5.37. The Labute approximate surface area is 143 Å². The molecule has 1 aromatic carbocycles. The van der Waals surface area contributed by atoms with E-state index in [0.717, 1.165) is 31.0 Å². The molecule has 25 heavy (non-hydrogen) atoms. The van der Waals surface area contributed by atoms with Crippen LogP contribution in [-0.2, 0) is 4.79 Å². The number of carbonyl (C=O) groups excluding carboxylic acids is 1. The number of likely N-dealkylation sites (tertiary alicyclic amines) is 1. The highest BCUT2D eigenvalue weighted by atomic mass is 19.1. The van der Waals surface area contributed by atoms with Crippen molar-refractivity contribution < 1.29 is 18.3 Å². The second-order valence-electron chi connectivity index (χ2n) is 5.77. The first-order chi connectivity index (χ1) is 12.1. The number of amides is 1. The van der Waals surface area contributed by atoms with Gasteiger partial charge in [-0.3, -0.25) is 4.79 Å². The smallest absolute Gasteiger partial charge is 0.260 e. The third-order valence-electron chi connectivity index (χ3n) is 4.02. The first-order valence-electron chi connectivity index (χ1n) is 8.01. The number of carbonyl (C=O) groups is 1. The van der Waals surface area contributed by atoms with Gasteiger partial charge in [0.2, 0.25) is 0 Å². The Morgan fingerprint density at radius 1 is 1.28 bits per heavy atom. The summed E-state index contributed by atoms with van der Waals surface area (Å²) in [5.41, 5.74) is 0. The third kappa shape index (κ3) is 4.62. The van der Waals surface area contributed by atoms with Crippen LogP contribution < -0.4 is 10.1 Å². The van der Waals surface area contributed by atoms with E-state index >= 15 is 0 Å². The number of hydrogen-bond donors (Lipinski definition) is 1. The molecule has 3 rings (SSSR count). The van der Waals surface area contributed by atoms with E-state index in [1.165, 1.54) is 0 Å². The van der Waals surface area contributed by atoms with Gasteiger partial charge < -0.3 is 15.0 Å². The largest absolute Gasteiger partial charge is 0.481 e. The van der Waals surface area contributed by atoms with E-state index in [0.29, 0.717) is 18.9 Å². The second-order valence-corrected chi connectivity index (χ2v) is 5.77. The number of nitrogens with one attached hydrogen (secondary N) is 1. The molecule has 8 heteroatoms. The number of anilines is 1. The van der Waals surface area contributed by atoms with Gasteiger partial charge in [0.05, 0.1) is 0 Å². The molecule has 0 aliphatic carbocycles. The fraction of sp³-hybridized carbons (Fsp3) is 0.353. The van der Waals surface area contributed by atoms with Crippen LogP contribution in [0.4, 0.5) is 14.6 Å². The van der Waals surface area contributed by atoms with Crippen LogP contribution in [0.5, 0.6) is 5.75 Å². The van der Waals surface area contributed by atoms with Gasteiger partial charge in [0, 0.05) is 31.4 Å². The molecule has 132 valence electrons. The van der Waals surface area contributed by atoms with Gasteiger partial charge in [0.25, 0.3) is 5.91 Å². The molecule has 1 aromatic heterocycles. The summed E-state index contributed by atoms with van der Waals surface area (Å²) in [6, 6.07) is 6.75. The zero-order valence-electron chi connectivity index (χ0n) is 13.5. The first kappa shape index (κ1) is 17.1. The lowest BCUT2D eigenvalue weighted by Crippen LogP contribution is -2.44. The average Bonchev–Trinajstić information content (AvgIpc) is 2.64. The van der Waals surface area contributed by atoms with Gasteiger partial charge in [-0.2, -0.15) is 5.10 Å². The number of piperidine rings is 1. The number of ether oxygens (including phenoxy) is 1. The Morgan fingerprint density at radius 3 is 2.80 bits per heavy atom. The highest BCUT2D eigenvalue weighted by Gasteiger charge is 2.23. The molecule has 1 amide bonds. The lowest BCUT2D eigenvalue weighted by Gasteiger charge is -2.32. The van der Waals surface area contributed by atoms with Gasteiger partial charge in [-0.1, -0.05) is 0 Å². The van der Waals surface area contributed by atoms with E-state index in [4.69, 9.17) is 4.74 Å². The number of hydrogen-bond acceptors (Lipinski definition) is 5. The van der Waals surface area contributed by atoms with Crippen molar-refractivity contribution in [3.8, 4) is 5.75 Å². The van der Waals surface area contributed by atoms with Gasteiger partial charge in [-0.05, 0) is 37.1 Å². The molecule has 0 unspecified atom stereocenters. The summed E-state index contributed by atoms with van der Waals surface area (Å²) in [6.07, 6.45) is 3.13. The molecular weight excluding hydrogens is 330 g/mol. The summed E-state index contributed by atoms with van der Waals surface area (Å²) in [4.78, 5) is 13.8. The zero-order chi connectivity index (χ0) is 17.6. The number of benzene rings is 1. The van der Waals surface area contributed by atoms with Crippen LogP contribution in [0.1, 0.15) is 12.8 Å². The zero-order valence-corrected chi connectivity index (χ0v) is 13.5. The molecule has 1 fully saturated rings. The van der Waals surface area contributed by atoms with Crippen molar-refractivity contribution in [2.45, 2.75) is 18.9 Å². The predicted molar refractivity (Wildman–Crippen MR) is 87.1 cm³/mol. The first-order valence-corrected chi connectivity index (χ1v) is 8.01. The summed E-state index contributed by atoms with van der Waals surface area (Å²) < 4.78 is 31.7. The number of aromatic nitrogens is 2. The van der Waals surface area contributed by atoms with Crippen LogP contribution in [0.3, 0.4) is 0 Å². The summed E-state index contributed by atoms with van der Waals surface area (Å²) in [5, 5.41) is 11.1. The summed E-state index contributed by atoms with van der Waals surface area (Å²) in [7, 11) is 0. The molecule has 0 radical (unpaired) electrons. The van der Waals surface area contributed by atoms with Crippen molar-refractivity contribution >= 4 is 11.7 Å². The monoisotopic (exact) mass is 348 g/mol. The molecule has 2 aromatic rings. The lowest BCUT2D eigenvalue weighted by atomic mass is 10.1. The van der Waals surface area contributed by atoms with Crippen molar-refractivity contribution in [1.82, 2.24) is 15.1 Å². The lowest BCUT2D eigenvalue weighted by molar-refractivity contribution is -0.134. The molecule has 0 spiro atoms. The molecule has 0 atom stereocenters. The molecule has 6 nitrogen and oxygen atoms in total. The average molecular weight is 348 g/mol. The maximum atomic E-state index is 13.5. The predicted octanol–water partition coefficient (Wildman–Crippen LogP) is 2.24. The maximum Gasteiger partial charge on any atom is 0.260 e. The van der Waals surface area contributed by atoms with Gasteiger partial charge in [-0.15, -0.1) is 5.10 Å². The van der Waals surface area contributed by atoms with Crippen molar-refractivity contribution in [3.63, 3.8) is 0 Å². The fourth-order valence-corrected chi connectivity index (χ4v) is 2.68. The highest BCUT2D eigenvalue weighted by Crippen LogP contribution is 2.19. The van der Waals surface area contributed by atoms with Crippen LogP contribution in [-0.4, -0.2) is 46.7 Å². The Bertz CT molecular complexity index is 722. The minimum atomic E-state index is -0.693. The molecule has 1 saturated heterocycles. The Hall–Kier alpha value is -2.77. The van der Waals surface area contributed by atoms with Crippen LogP contribution >= 0.6 is 0 Å². The molecule has 0 bridgehead atoms. The molecule has 1 N–H and O–H groups in total. The second kappa shape index (κ2) is 7.87.